The average molecular weight is 288 g/mol. The molecule has 0 atom stereocenters. The Hall–Kier alpha value is -0.900. The van der Waals surface area contributed by atoms with Gasteiger partial charge in [-0.25, -0.2) is 0 Å². The number of likely N-dealkylation sites (tertiary alicyclic amines) is 1. The molecule has 3 rings (SSSR count). The first kappa shape index (κ1) is 14.1. The average Bonchev–Trinajstić information content (AvgIpc) is 3.05. The van der Waals surface area contributed by atoms with Crippen molar-refractivity contribution in [2.24, 2.45) is 0 Å². The van der Waals surface area contributed by atoms with Gasteiger partial charge in [0.15, 0.2) is 0 Å². The summed E-state index contributed by atoms with van der Waals surface area (Å²) in [7, 11) is 0. The molecule has 1 fully saturated rings. The maximum absolute atomic E-state index is 3.58. The lowest BCUT2D eigenvalue weighted by Crippen LogP contribution is -2.23. The van der Waals surface area contributed by atoms with E-state index in [4.69, 9.17) is 0 Å². The zero-order valence-electron chi connectivity index (χ0n) is 12.5. The van der Waals surface area contributed by atoms with Crippen molar-refractivity contribution >= 4 is 21.4 Å². The molecule has 0 spiro atoms. The molecule has 108 valence electrons. The molecule has 1 aromatic heterocycles. The Morgan fingerprint density at radius 2 is 1.95 bits per heavy atom. The lowest BCUT2D eigenvalue weighted by Gasteiger charge is -2.16. The first-order valence-corrected chi connectivity index (χ1v) is 8.50. The van der Waals surface area contributed by atoms with Crippen LogP contribution >= 0.6 is 11.3 Å². The van der Waals surface area contributed by atoms with Crippen LogP contribution in [0.1, 0.15) is 37.1 Å². The van der Waals surface area contributed by atoms with E-state index in [2.05, 4.69) is 48.3 Å². The number of hydrogen-bond donors (Lipinski definition) is 1. The third-order valence-electron chi connectivity index (χ3n) is 4.03. The fraction of sp³-hybridized carbons (Fsp3) is 0.529. The molecular formula is C17H24N2S. The van der Waals surface area contributed by atoms with Gasteiger partial charge in [-0.05, 0) is 42.9 Å². The van der Waals surface area contributed by atoms with Gasteiger partial charge in [0.1, 0.15) is 0 Å². The van der Waals surface area contributed by atoms with Crippen molar-refractivity contribution in [1.82, 2.24) is 10.2 Å². The van der Waals surface area contributed by atoms with E-state index in [0.29, 0.717) is 6.04 Å². The summed E-state index contributed by atoms with van der Waals surface area (Å²) in [6.07, 6.45) is 2.73. The smallest absolute Gasteiger partial charge is 0.0349 e. The predicted octanol–water partition coefficient (Wildman–Crippen LogP) is 4.00. The summed E-state index contributed by atoms with van der Waals surface area (Å²) >= 11 is 1.96. The van der Waals surface area contributed by atoms with E-state index in [1.54, 1.807) is 5.56 Å². The van der Waals surface area contributed by atoms with Gasteiger partial charge in [0.25, 0.3) is 0 Å². The van der Waals surface area contributed by atoms with Gasteiger partial charge in [-0.2, -0.15) is 0 Å². The highest BCUT2D eigenvalue weighted by molar-refractivity contribution is 7.19. The number of nitrogens with one attached hydrogen (secondary N) is 1. The van der Waals surface area contributed by atoms with Crippen molar-refractivity contribution in [3.8, 4) is 0 Å². The molecule has 0 saturated carbocycles. The van der Waals surface area contributed by atoms with Crippen LogP contribution in [0.5, 0.6) is 0 Å². The SMILES string of the molecule is CC(C)NCc1sc2ccccc2c1CN1CCCC1. The number of fused-ring (bicyclic) bond motifs is 1. The summed E-state index contributed by atoms with van der Waals surface area (Å²) in [6.45, 7) is 9.09. The number of thiophene rings is 1. The van der Waals surface area contributed by atoms with Gasteiger partial charge in [0.2, 0.25) is 0 Å². The van der Waals surface area contributed by atoms with Crippen LogP contribution in [-0.4, -0.2) is 24.0 Å². The summed E-state index contributed by atoms with van der Waals surface area (Å²) in [6, 6.07) is 9.41. The largest absolute Gasteiger partial charge is 0.310 e. The van der Waals surface area contributed by atoms with Gasteiger partial charge in [0.05, 0.1) is 0 Å². The third-order valence-corrected chi connectivity index (χ3v) is 5.25. The minimum absolute atomic E-state index is 0.542. The fourth-order valence-corrected chi connectivity index (χ4v) is 4.09. The van der Waals surface area contributed by atoms with Crippen LogP contribution in [-0.2, 0) is 13.1 Å². The number of nitrogens with zero attached hydrogens (tertiary/aromatic N) is 1. The second-order valence-electron chi connectivity index (χ2n) is 6.02. The van der Waals surface area contributed by atoms with Gasteiger partial charge < -0.3 is 5.32 Å². The normalized spacial score (nSPS) is 16.6. The van der Waals surface area contributed by atoms with E-state index < -0.39 is 0 Å². The molecule has 0 unspecified atom stereocenters. The standard InChI is InChI=1S/C17H24N2S/c1-13(2)18-11-17-15(12-19-9-5-6-10-19)14-7-3-4-8-16(14)20-17/h3-4,7-8,13,18H,5-6,9-12H2,1-2H3. The summed E-state index contributed by atoms with van der Waals surface area (Å²) in [5.74, 6) is 0. The van der Waals surface area contributed by atoms with Gasteiger partial charge in [-0.15, -0.1) is 11.3 Å². The zero-order valence-corrected chi connectivity index (χ0v) is 13.3. The molecule has 0 aliphatic carbocycles. The molecule has 1 aliphatic rings. The summed E-state index contributed by atoms with van der Waals surface area (Å²) in [5.41, 5.74) is 1.56. The van der Waals surface area contributed by atoms with Crippen LogP contribution in [0.3, 0.4) is 0 Å². The molecule has 2 heterocycles. The summed E-state index contributed by atoms with van der Waals surface area (Å²) in [4.78, 5) is 4.12. The summed E-state index contributed by atoms with van der Waals surface area (Å²) < 4.78 is 1.43. The Balaban J connectivity index is 1.90. The van der Waals surface area contributed by atoms with Crippen molar-refractivity contribution < 1.29 is 0 Å². The molecular weight excluding hydrogens is 264 g/mol. The van der Waals surface area contributed by atoms with Crippen LogP contribution in [0.25, 0.3) is 10.1 Å². The zero-order chi connectivity index (χ0) is 13.9. The molecule has 1 aromatic carbocycles. The van der Waals surface area contributed by atoms with E-state index in [1.807, 2.05) is 11.3 Å². The second-order valence-corrected chi connectivity index (χ2v) is 7.16. The molecule has 0 radical (unpaired) electrons. The van der Waals surface area contributed by atoms with Gasteiger partial charge >= 0.3 is 0 Å². The van der Waals surface area contributed by atoms with Gasteiger partial charge in [-0.1, -0.05) is 32.0 Å². The molecule has 2 aromatic rings. The van der Waals surface area contributed by atoms with E-state index in [0.717, 1.165) is 13.1 Å². The fourth-order valence-electron chi connectivity index (χ4n) is 2.93. The highest BCUT2D eigenvalue weighted by atomic mass is 32.1. The highest BCUT2D eigenvalue weighted by Gasteiger charge is 2.17. The molecule has 1 aliphatic heterocycles. The quantitative estimate of drug-likeness (QED) is 0.895. The maximum atomic E-state index is 3.58. The van der Waals surface area contributed by atoms with Crippen LogP contribution in [0, 0.1) is 0 Å². The highest BCUT2D eigenvalue weighted by Crippen LogP contribution is 2.32. The Morgan fingerprint density at radius 1 is 1.20 bits per heavy atom. The van der Waals surface area contributed by atoms with Gasteiger partial charge in [0, 0.05) is 28.7 Å². The first-order valence-electron chi connectivity index (χ1n) is 7.69. The van der Waals surface area contributed by atoms with Crippen molar-refractivity contribution in [3.63, 3.8) is 0 Å². The van der Waals surface area contributed by atoms with Crippen molar-refractivity contribution in [3.05, 3.63) is 34.7 Å². The first-order chi connectivity index (χ1) is 9.74. The van der Waals surface area contributed by atoms with E-state index in [1.165, 1.54) is 40.9 Å². The molecule has 20 heavy (non-hydrogen) atoms. The molecule has 1 saturated heterocycles. The van der Waals surface area contributed by atoms with E-state index in [-0.39, 0.29) is 0 Å². The number of rotatable bonds is 5. The molecule has 3 heteroatoms. The van der Waals surface area contributed by atoms with Crippen molar-refractivity contribution in [2.45, 2.75) is 45.8 Å². The van der Waals surface area contributed by atoms with Crippen molar-refractivity contribution in [2.75, 3.05) is 13.1 Å². The van der Waals surface area contributed by atoms with E-state index >= 15 is 0 Å². The summed E-state index contributed by atoms with van der Waals surface area (Å²) in [5, 5.41) is 5.04. The topological polar surface area (TPSA) is 15.3 Å². The monoisotopic (exact) mass is 288 g/mol. The lowest BCUT2D eigenvalue weighted by atomic mass is 10.1. The second kappa shape index (κ2) is 6.25. The van der Waals surface area contributed by atoms with Crippen LogP contribution in [0.15, 0.2) is 24.3 Å². The minimum Gasteiger partial charge on any atom is -0.310 e. The molecule has 2 nitrogen and oxygen atoms in total. The minimum atomic E-state index is 0.542. The van der Waals surface area contributed by atoms with Crippen LogP contribution < -0.4 is 5.32 Å². The van der Waals surface area contributed by atoms with Crippen LogP contribution in [0.4, 0.5) is 0 Å². The third kappa shape index (κ3) is 3.05. The lowest BCUT2D eigenvalue weighted by molar-refractivity contribution is 0.331. The maximum Gasteiger partial charge on any atom is 0.0349 e. The van der Waals surface area contributed by atoms with E-state index in [9.17, 15) is 0 Å². The Morgan fingerprint density at radius 3 is 2.70 bits per heavy atom. The number of hydrogen-bond acceptors (Lipinski definition) is 3. The van der Waals surface area contributed by atoms with Gasteiger partial charge in [-0.3, -0.25) is 4.90 Å². The number of benzene rings is 1. The predicted molar refractivity (Wildman–Crippen MR) is 88.3 cm³/mol. The Labute approximate surface area is 125 Å². The Kier molecular flexibility index (Phi) is 4.39. The van der Waals surface area contributed by atoms with Crippen LogP contribution in [0.2, 0.25) is 0 Å². The molecule has 1 N–H and O–H groups in total. The molecule has 0 amide bonds. The van der Waals surface area contributed by atoms with Crippen molar-refractivity contribution in [1.29, 1.82) is 0 Å². The Bertz CT molecular complexity index is 567. The molecule has 0 bridgehead atoms.